The van der Waals surface area contributed by atoms with Crippen molar-refractivity contribution in [3.8, 4) is 0 Å². The van der Waals surface area contributed by atoms with Gasteiger partial charge in [-0.15, -0.1) is 0 Å². The summed E-state index contributed by atoms with van der Waals surface area (Å²) >= 11 is 0. The average molecular weight is 161 g/mol. The Labute approximate surface area is 65.8 Å². The summed E-state index contributed by atoms with van der Waals surface area (Å²) in [6, 6.07) is 0. The van der Waals surface area contributed by atoms with E-state index in [-0.39, 0.29) is 0 Å². The summed E-state index contributed by atoms with van der Waals surface area (Å²) < 4.78 is 4.74. The second-order valence-electron chi connectivity index (χ2n) is 2.92. The van der Waals surface area contributed by atoms with Crippen molar-refractivity contribution in [2.45, 2.75) is 25.2 Å². The summed E-state index contributed by atoms with van der Waals surface area (Å²) in [6.45, 7) is 3.25. The minimum Gasteiger partial charge on any atom is -0.512 e. The third-order valence-electron chi connectivity index (χ3n) is 1.33. The number of hydrogen-bond acceptors (Lipinski definition) is 5. The van der Waals surface area contributed by atoms with Crippen molar-refractivity contribution < 1.29 is 9.84 Å². The van der Waals surface area contributed by atoms with Crippen LogP contribution in [-0.2, 0) is 4.74 Å². The van der Waals surface area contributed by atoms with Crippen LogP contribution in [0.5, 0.6) is 0 Å². The molecule has 0 spiro atoms. The Balaban J connectivity index is 4.22. The molecule has 0 aromatic carbocycles. The molecule has 0 saturated carbocycles. The number of aliphatic hydroxyl groups is 1. The van der Waals surface area contributed by atoms with Crippen LogP contribution in [0.3, 0.4) is 0 Å². The Morgan fingerprint density at radius 2 is 1.73 bits per heavy atom. The molecule has 0 saturated heterocycles. The fourth-order valence-electron chi connectivity index (χ4n) is 0.295. The molecule has 0 radical (unpaired) electrons. The first-order valence-corrected chi connectivity index (χ1v) is 3.15. The van der Waals surface area contributed by atoms with Gasteiger partial charge in [-0.25, -0.2) is 0 Å². The van der Waals surface area contributed by atoms with Gasteiger partial charge in [0.1, 0.15) is 12.5 Å². The lowest BCUT2D eigenvalue weighted by Gasteiger charge is -2.35. The van der Waals surface area contributed by atoms with Gasteiger partial charge in [-0.2, -0.15) is 0 Å². The molecule has 0 atom stereocenters. The van der Waals surface area contributed by atoms with Gasteiger partial charge < -0.3 is 15.6 Å². The van der Waals surface area contributed by atoms with E-state index < -0.39 is 11.4 Å². The van der Waals surface area contributed by atoms with E-state index in [1.54, 1.807) is 13.8 Å². The van der Waals surface area contributed by atoms with Crippen LogP contribution < -0.4 is 17.2 Å². The lowest BCUT2D eigenvalue weighted by molar-refractivity contribution is -0.0262. The molecule has 0 unspecified atom stereocenters. The summed E-state index contributed by atoms with van der Waals surface area (Å²) in [4.78, 5) is 0. The van der Waals surface area contributed by atoms with E-state index in [0.717, 1.165) is 6.26 Å². The molecule has 11 heavy (non-hydrogen) atoms. The SMILES string of the molecule is CC(C)(N)C(N)(N)O/C=C\O. The number of hydrogen-bond donors (Lipinski definition) is 4. The molecule has 0 amide bonds. The van der Waals surface area contributed by atoms with Crippen LogP contribution in [0.2, 0.25) is 0 Å². The topological polar surface area (TPSA) is 108 Å². The molecule has 0 aliphatic carbocycles. The lowest BCUT2D eigenvalue weighted by Crippen LogP contribution is -2.69. The molecule has 5 heteroatoms. The van der Waals surface area contributed by atoms with Crippen LogP contribution in [0, 0.1) is 0 Å². The molecule has 0 fully saturated rings. The zero-order valence-electron chi connectivity index (χ0n) is 6.74. The number of ether oxygens (including phenoxy) is 1. The van der Waals surface area contributed by atoms with E-state index in [4.69, 9.17) is 27.0 Å². The maximum absolute atomic E-state index is 8.24. The van der Waals surface area contributed by atoms with E-state index in [9.17, 15) is 0 Å². The lowest BCUT2D eigenvalue weighted by atomic mass is 10.0. The highest BCUT2D eigenvalue weighted by molar-refractivity contribution is 4.90. The Bertz CT molecular complexity index is 148. The minimum atomic E-state index is -1.48. The zero-order valence-corrected chi connectivity index (χ0v) is 6.74. The van der Waals surface area contributed by atoms with Gasteiger partial charge in [-0.3, -0.25) is 11.5 Å². The van der Waals surface area contributed by atoms with Crippen LogP contribution in [0.4, 0.5) is 0 Å². The van der Waals surface area contributed by atoms with Crippen LogP contribution in [0.25, 0.3) is 0 Å². The summed E-state index contributed by atoms with van der Waals surface area (Å²) in [5.74, 6) is -1.48. The first-order valence-electron chi connectivity index (χ1n) is 3.15. The molecule has 0 rings (SSSR count). The summed E-state index contributed by atoms with van der Waals surface area (Å²) in [5, 5.41) is 8.24. The fourth-order valence-corrected chi connectivity index (χ4v) is 0.295. The summed E-state index contributed by atoms with van der Waals surface area (Å²) in [7, 11) is 0. The second kappa shape index (κ2) is 3.08. The molecule has 0 aromatic rings. The van der Waals surface area contributed by atoms with Gasteiger partial charge >= 0.3 is 0 Å². The quantitative estimate of drug-likeness (QED) is 0.324. The van der Waals surface area contributed by atoms with Crippen LogP contribution in [0.1, 0.15) is 13.8 Å². The van der Waals surface area contributed by atoms with E-state index in [2.05, 4.69) is 0 Å². The third kappa shape index (κ3) is 2.75. The highest BCUT2D eigenvalue weighted by Gasteiger charge is 2.36. The van der Waals surface area contributed by atoms with Crippen molar-refractivity contribution in [3.05, 3.63) is 12.5 Å². The maximum atomic E-state index is 8.24. The standard InChI is InChI=1S/C6H15N3O2/c1-5(2,7)6(8,9)11-4-3-10/h3-4,10H,7-9H2,1-2H3/b4-3-. The van der Waals surface area contributed by atoms with Gasteiger partial charge in [0.25, 0.3) is 0 Å². The Hall–Kier alpha value is -0.780. The fraction of sp³-hybridized carbons (Fsp3) is 0.667. The van der Waals surface area contributed by atoms with E-state index in [0.29, 0.717) is 6.26 Å². The van der Waals surface area contributed by atoms with Crippen molar-refractivity contribution in [3.63, 3.8) is 0 Å². The molecule has 5 nitrogen and oxygen atoms in total. The van der Waals surface area contributed by atoms with Gasteiger partial charge in [-0.1, -0.05) is 0 Å². The predicted octanol–water partition coefficient (Wildman–Crippen LogP) is -0.659. The first-order chi connectivity index (χ1) is 4.81. The molecule has 7 N–H and O–H groups in total. The molecule has 0 heterocycles. The van der Waals surface area contributed by atoms with Gasteiger partial charge in [0.2, 0.25) is 5.85 Å². The molecule has 66 valence electrons. The maximum Gasteiger partial charge on any atom is 0.229 e. The Morgan fingerprint density at radius 3 is 2.00 bits per heavy atom. The van der Waals surface area contributed by atoms with Gasteiger partial charge in [0.05, 0.1) is 5.54 Å². The monoisotopic (exact) mass is 161 g/mol. The third-order valence-corrected chi connectivity index (χ3v) is 1.33. The van der Waals surface area contributed by atoms with Crippen molar-refractivity contribution in [2.24, 2.45) is 17.2 Å². The largest absolute Gasteiger partial charge is 0.512 e. The van der Waals surface area contributed by atoms with Gasteiger partial charge in [0.15, 0.2) is 0 Å². The van der Waals surface area contributed by atoms with E-state index in [1.807, 2.05) is 0 Å². The highest BCUT2D eigenvalue weighted by Crippen LogP contribution is 2.11. The summed E-state index contributed by atoms with van der Waals surface area (Å²) in [6.07, 6.45) is 1.68. The summed E-state index contributed by atoms with van der Waals surface area (Å²) in [5.41, 5.74) is 15.6. The van der Waals surface area contributed by atoms with Crippen molar-refractivity contribution in [2.75, 3.05) is 0 Å². The minimum absolute atomic E-state index is 0.695. The van der Waals surface area contributed by atoms with Crippen molar-refractivity contribution >= 4 is 0 Å². The number of nitrogens with two attached hydrogens (primary N) is 3. The van der Waals surface area contributed by atoms with E-state index in [1.165, 1.54) is 0 Å². The molecule has 0 bridgehead atoms. The number of rotatable bonds is 3. The Kier molecular flexibility index (Phi) is 2.86. The van der Waals surface area contributed by atoms with Crippen molar-refractivity contribution in [1.82, 2.24) is 0 Å². The van der Waals surface area contributed by atoms with Crippen LogP contribution in [0.15, 0.2) is 12.5 Å². The molecule has 0 aliphatic rings. The average Bonchev–Trinajstić information content (AvgIpc) is 1.81. The predicted molar refractivity (Wildman–Crippen MR) is 42.2 cm³/mol. The van der Waals surface area contributed by atoms with Gasteiger partial charge in [0, 0.05) is 0 Å². The zero-order chi connectivity index (χ0) is 9.12. The molecule has 0 aromatic heterocycles. The van der Waals surface area contributed by atoms with Crippen molar-refractivity contribution in [1.29, 1.82) is 0 Å². The molecular weight excluding hydrogens is 146 g/mol. The Morgan fingerprint density at radius 1 is 1.27 bits per heavy atom. The van der Waals surface area contributed by atoms with Gasteiger partial charge in [-0.05, 0) is 13.8 Å². The van der Waals surface area contributed by atoms with Crippen LogP contribution in [-0.4, -0.2) is 16.5 Å². The van der Waals surface area contributed by atoms with E-state index >= 15 is 0 Å². The molecule has 0 aliphatic heterocycles. The van der Waals surface area contributed by atoms with Crippen LogP contribution >= 0.6 is 0 Å². The highest BCUT2D eigenvalue weighted by atomic mass is 16.5. The normalized spacial score (nSPS) is 13.9. The second-order valence-corrected chi connectivity index (χ2v) is 2.92. The molecular formula is C6H15N3O2. The number of aliphatic hydroxyl groups excluding tert-OH is 1. The smallest absolute Gasteiger partial charge is 0.229 e. The first kappa shape index (κ1) is 10.2.